The summed E-state index contributed by atoms with van der Waals surface area (Å²) in [5.74, 6) is -0.812. The van der Waals surface area contributed by atoms with Gasteiger partial charge in [-0.05, 0) is 6.92 Å². The first-order chi connectivity index (χ1) is 8.54. The van der Waals surface area contributed by atoms with Gasteiger partial charge in [-0.3, -0.25) is 4.79 Å². The van der Waals surface area contributed by atoms with E-state index in [0.29, 0.717) is 5.01 Å². The van der Waals surface area contributed by atoms with Crippen LogP contribution >= 0.6 is 23.1 Å². The Kier molecular flexibility index (Phi) is 5.61. The highest BCUT2D eigenvalue weighted by atomic mass is 32.2. The van der Waals surface area contributed by atoms with Gasteiger partial charge in [0, 0.05) is 5.38 Å². The smallest absolute Gasteiger partial charge is 0.355 e. The van der Waals surface area contributed by atoms with Crippen molar-refractivity contribution in [3.63, 3.8) is 0 Å². The molecule has 1 unspecified atom stereocenters. The van der Waals surface area contributed by atoms with Crippen molar-refractivity contribution in [3.8, 4) is 6.07 Å². The van der Waals surface area contributed by atoms with Gasteiger partial charge in [-0.2, -0.15) is 5.26 Å². The molecule has 0 aliphatic heterocycles. The Morgan fingerprint density at radius 1 is 1.72 bits per heavy atom. The summed E-state index contributed by atoms with van der Waals surface area (Å²) in [6, 6.07) is 1.60. The number of hydrogen-bond donors (Lipinski definition) is 2. The molecule has 0 fully saturated rings. The molecule has 8 heteroatoms. The summed E-state index contributed by atoms with van der Waals surface area (Å²) in [4.78, 5) is 26.0. The fraction of sp³-hybridized carbons (Fsp3) is 0.400. The van der Waals surface area contributed by atoms with E-state index in [1.807, 2.05) is 6.07 Å². The topological polar surface area (TPSA) is 103 Å². The minimum atomic E-state index is -1.08. The Balaban J connectivity index is 2.49. The van der Waals surface area contributed by atoms with Crippen molar-refractivity contribution in [3.05, 3.63) is 16.1 Å². The van der Waals surface area contributed by atoms with E-state index < -0.39 is 5.97 Å². The lowest BCUT2D eigenvalue weighted by atomic mass is 10.3. The van der Waals surface area contributed by atoms with Gasteiger partial charge in [0.25, 0.3) is 0 Å². The van der Waals surface area contributed by atoms with E-state index in [4.69, 9.17) is 10.4 Å². The number of carboxylic acid groups (broad SMARTS) is 1. The minimum absolute atomic E-state index is 0.0186. The lowest BCUT2D eigenvalue weighted by Crippen LogP contribution is -2.28. The molecule has 1 rings (SSSR count). The Morgan fingerprint density at radius 2 is 2.44 bits per heavy atom. The van der Waals surface area contributed by atoms with Crippen LogP contribution in [0.25, 0.3) is 0 Å². The largest absolute Gasteiger partial charge is 0.476 e. The fourth-order valence-corrected chi connectivity index (χ4v) is 2.38. The molecule has 0 aromatic carbocycles. The van der Waals surface area contributed by atoms with Gasteiger partial charge in [0.05, 0.1) is 23.6 Å². The molecular formula is C10H11N3O3S2. The molecule has 1 aromatic rings. The summed E-state index contributed by atoms with van der Waals surface area (Å²) in [6.45, 7) is 1.73. The van der Waals surface area contributed by atoms with Crippen LogP contribution in [0.15, 0.2) is 5.38 Å². The number of nitrogens with one attached hydrogen (secondary N) is 1. The molecule has 0 saturated carbocycles. The molecule has 0 radical (unpaired) electrons. The highest BCUT2D eigenvalue weighted by Gasteiger charge is 2.15. The number of nitriles is 1. The summed E-state index contributed by atoms with van der Waals surface area (Å²) < 4.78 is 0. The van der Waals surface area contributed by atoms with Crippen molar-refractivity contribution in [2.24, 2.45) is 0 Å². The molecule has 0 saturated heterocycles. The number of aromatic nitrogens is 1. The van der Waals surface area contributed by atoms with E-state index >= 15 is 0 Å². The Hall–Kier alpha value is -1.59. The highest BCUT2D eigenvalue weighted by molar-refractivity contribution is 8.00. The molecule has 0 aliphatic carbocycles. The maximum atomic E-state index is 11.5. The van der Waals surface area contributed by atoms with Crippen LogP contribution in [0.4, 0.5) is 0 Å². The van der Waals surface area contributed by atoms with E-state index in [0.717, 1.165) is 0 Å². The fourth-order valence-electron chi connectivity index (χ4n) is 1.12. The molecule has 2 N–H and O–H groups in total. The summed E-state index contributed by atoms with van der Waals surface area (Å²) in [5.41, 5.74) is -0.0186. The highest BCUT2D eigenvalue weighted by Crippen LogP contribution is 2.18. The van der Waals surface area contributed by atoms with Gasteiger partial charge >= 0.3 is 5.97 Å². The van der Waals surface area contributed by atoms with Gasteiger partial charge in [0.2, 0.25) is 5.91 Å². The summed E-state index contributed by atoms with van der Waals surface area (Å²) in [7, 11) is 0. The predicted octanol–water partition coefficient (Wildman–Crippen LogP) is 1.28. The standard InChI is InChI=1S/C10H11N3O3S2/c1-6(12-8(14)5-17-3-2-11)9-13-7(4-18-9)10(15)16/h4,6H,3,5H2,1H3,(H,12,14)(H,15,16). The molecule has 0 aliphatic rings. The van der Waals surface area contributed by atoms with Crippen LogP contribution in [-0.4, -0.2) is 33.5 Å². The van der Waals surface area contributed by atoms with E-state index in [1.165, 1.54) is 28.5 Å². The van der Waals surface area contributed by atoms with E-state index in [2.05, 4.69) is 10.3 Å². The first-order valence-corrected chi connectivity index (χ1v) is 7.00. The molecule has 1 amide bonds. The molecule has 1 aromatic heterocycles. The molecule has 0 spiro atoms. The summed E-state index contributed by atoms with van der Waals surface area (Å²) >= 11 is 2.41. The van der Waals surface area contributed by atoms with Crippen molar-refractivity contribution < 1.29 is 14.7 Å². The third-order valence-electron chi connectivity index (χ3n) is 1.89. The number of nitrogens with zero attached hydrogens (tertiary/aromatic N) is 2. The molecule has 18 heavy (non-hydrogen) atoms. The third kappa shape index (κ3) is 4.35. The van der Waals surface area contributed by atoms with E-state index in [-0.39, 0.29) is 29.1 Å². The van der Waals surface area contributed by atoms with Crippen molar-refractivity contribution in [1.82, 2.24) is 10.3 Å². The van der Waals surface area contributed by atoms with Crippen molar-refractivity contribution in [1.29, 1.82) is 5.26 Å². The monoisotopic (exact) mass is 285 g/mol. The molecule has 6 nitrogen and oxygen atoms in total. The number of thioether (sulfide) groups is 1. The SMILES string of the molecule is CC(NC(=O)CSCC#N)c1nc(C(=O)O)cs1. The van der Waals surface area contributed by atoms with E-state index in [9.17, 15) is 9.59 Å². The normalized spacial score (nSPS) is 11.6. The lowest BCUT2D eigenvalue weighted by molar-refractivity contribution is -0.119. The first-order valence-electron chi connectivity index (χ1n) is 4.97. The van der Waals surface area contributed by atoms with Gasteiger partial charge < -0.3 is 10.4 Å². The first kappa shape index (κ1) is 14.5. The minimum Gasteiger partial charge on any atom is -0.476 e. The van der Waals surface area contributed by atoms with Crippen LogP contribution in [0, 0.1) is 11.3 Å². The van der Waals surface area contributed by atoms with Crippen LogP contribution in [0.2, 0.25) is 0 Å². The van der Waals surface area contributed by atoms with Gasteiger partial charge in [-0.15, -0.1) is 23.1 Å². The average Bonchev–Trinajstić information content (AvgIpc) is 2.78. The Morgan fingerprint density at radius 3 is 3.00 bits per heavy atom. The van der Waals surface area contributed by atoms with Crippen molar-refractivity contribution in [2.75, 3.05) is 11.5 Å². The Labute approximate surface area is 112 Å². The molecule has 0 bridgehead atoms. The Bertz CT molecular complexity index is 481. The molecule has 1 atom stereocenters. The second kappa shape index (κ2) is 6.98. The quantitative estimate of drug-likeness (QED) is 0.763. The van der Waals surface area contributed by atoms with Crippen LogP contribution in [-0.2, 0) is 4.79 Å². The average molecular weight is 285 g/mol. The number of aromatic carboxylic acids is 1. The number of amides is 1. The van der Waals surface area contributed by atoms with Crippen LogP contribution < -0.4 is 5.32 Å². The van der Waals surface area contributed by atoms with Gasteiger partial charge in [0.1, 0.15) is 5.01 Å². The zero-order valence-corrected chi connectivity index (χ0v) is 11.2. The second-order valence-electron chi connectivity index (χ2n) is 3.32. The predicted molar refractivity (Wildman–Crippen MR) is 68.6 cm³/mol. The second-order valence-corrected chi connectivity index (χ2v) is 5.19. The number of thiazole rings is 1. The van der Waals surface area contributed by atoms with Crippen LogP contribution in [0.5, 0.6) is 0 Å². The maximum absolute atomic E-state index is 11.5. The van der Waals surface area contributed by atoms with Gasteiger partial charge in [-0.1, -0.05) is 0 Å². The third-order valence-corrected chi connectivity index (χ3v) is 3.72. The van der Waals surface area contributed by atoms with Gasteiger partial charge in [0.15, 0.2) is 5.69 Å². The lowest BCUT2D eigenvalue weighted by Gasteiger charge is -2.10. The molecule has 96 valence electrons. The zero-order chi connectivity index (χ0) is 13.5. The van der Waals surface area contributed by atoms with Crippen LogP contribution in [0.3, 0.4) is 0 Å². The molecule has 1 heterocycles. The number of carbonyl (C=O) groups is 2. The summed E-state index contributed by atoms with van der Waals surface area (Å²) in [5, 5.41) is 21.7. The van der Waals surface area contributed by atoms with Gasteiger partial charge in [-0.25, -0.2) is 9.78 Å². The number of hydrogen-bond acceptors (Lipinski definition) is 6. The molecular weight excluding hydrogens is 274 g/mol. The number of carbonyl (C=O) groups excluding carboxylic acids is 1. The number of rotatable bonds is 6. The van der Waals surface area contributed by atoms with Crippen LogP contribution in [0.1, 0.15) is 28.5 Å². The zero-order valence-electron chi connectivity index (χ0n) is 9.54. The van der Waals surface area contributed by atoms with E-state index in [1.54, 1.807) is 6.92 Å². The maximum Gasteiger partial charge on any atom is 0.355 e. The van der Waals surface area contributed by atoms with Crippen molar-refractivity contribution >= 4 is 35.0 Å². The summed E-state index contributed by atoms with van der Waals surface area (Å²) in [6.07, 6.45) is 0. The number of carboxylic acids is 1. The van der Waals surface area contributed by atoms with Crippen molar-refractivity contribution in [2.45, 2.75) is 13.0 Å².